The van der Waals surface area contributed by atoms with Gasteiger partial charge in [-0.2, -0.15) is 0 Å². The van der Waals surface area contributed by atoms with Crippen LogP contribution in [0.15, 0.2) is 21.9 Å². The van der Waals surface area contributed by atoms with Crippen LogP contribution in [0.3, 0.4) is 0 Å². The van der Waals surface area contributed by atoms with Crippen molar-refractivity contribution in [3.8, 4) is 11.5 Å². The summed E-state index contributed by atoms with van der Waals surface area (Å²) in [7, 11) is -1.49. The Labute approximate surface area is 140 Å². The van der Waals surface area contributed by atoms with Crippen molar-refractivity contribution in [3.05, 3.63) is 38.7 Å². The van der Waals surface area contributed by atoms with E-state index in [1.165, 1.54) is 16.8 Å². The third-order valence-electron chi connectivity index (χ3n) is 3.48. The zero-order chi connectivity index (χ0) is 17.9. The van der Waals surface area contributed by atoms with Gasteiger partial charge in [0.05, 0.1) is 18.3 Å². The van der Waals surface area contributed by atoms with E-state index in [-0.39, 0.29) is 18.6 Å². The number of aromatic amines is 1. The Morgan fingerprint density at radius 3 is 2.75 bits per heavy atom. The molecule has 0 spiro atoms. The molecule has 0 bridgehead atoms. The number of nitrogens with zero attached hydrogens (tertiary/aromatic N) is 1. The van der Waals surface area contributed by atoms with Gasteiger partial charge >= 0.3 is 5.69 Å². The van der Waals surface area contributed by atoms with Crippen molar-refractivity contribution in [3.63, 3.8) is 0 Å². The van der Waals surface area contributed by atoms with Gasteiger partial charge < -0.3 is 14.9 Å². The van der Waals surface area contributed by atoms with Crippen molar-refractivity contribution in [2.24, 2.45) is 0 Å². The molecular formula is C16H22N2O5Si. The maximum atomic E-state index is 12.0. The predicted molar refractivity (Wildman–Crippen MR) is 93.1 cm³/mol. The highest BCUT2D eigenvalue weighted by atomic mass is 28.3. The smallest absolute Gasteiger partial charge is 0.330 e. The molecule has 8 heteroatoms. The van der Waals surface area contributed by atoms with Gasteiger partial charge in [-0.1, -0.05) is 25.6 Å². The quantitative estimate of drug-likeness (QED) is 0.529. The molecule has 3 atom stereocenters. The van der Waals surface area contributed by atoms with E-state index in [2.05, 4.69) is 36.1 Å². The van der Waals surface area contributed by atoms with Crippen molar-refractivity contribution >= 4 is 14.1 Å². The zero-order valence-electron chi connectivity index (χ0n) is 13.9. The molecule has 1 aliphatic heterocycles. The minimum atomic E-state index is -1.49. The summed E-state index contributed by atoms with van der Waals surface area (Å²) in [6.07, 6.45) is 2.33. The Bertz CT molecular complexity index is 794. The van der Waals surface area contributed by atoms with E-state index in [4.69, 9.17) is 9.84 Å². The minimum absolute atomic E-state index is 0.162. The summed E-state index contributed by atoms with van der Waals surface area (Å²) < 4.78 is 6.66. The SMILES string of the molecule is C[Si](C)(C)C#CC=Cc1cn([C@H]2C[C@H](O)[C@@H](CO)O2)c(=O)[nH]c1=O. The van der Waals surface area contributed by atoms with Crippen molar-refractivity contribution in [2.75, 3.05) is 6.61 Å². The fourth-order valence-corrected chi connectivity index (χ4v) is 2.79. The van der Waals surface area contributed by atoms with Crippen LogP contribution >= 0.6 is 0 Å². The first-order valence-corrected chi connectivity index (χ1v) is 11.2. The van der Waals surface area contributed by atoms with Crippen molar-refractivity contribution in [2.45, 2.75) is 44.5 Å². The molecule has 2 rings (SSSR count). The lowest BCUT2D eigenvalue weighted by atomic mass is 10.2. The van der Waals surface area contributed by atoms with Crippen LogP contribution in [-0.4, -0.2) is 46.7 Å². The van der Waals surface area contributed by atoms with E-state index in [9.17, 15) is 14.7 Å². The Balaban J connectivity index is 2.29. The number of rotatable bonds is 3. The van der Waals surface area contributed by atoms with Crippen molar-refractivity contribution in [1.82, 2.24) is 9.55 Å². The highest BCUT2D eigenvalue weighted by molar-refractivity contribution is 6.83. The van der Waals surface area contributed by atoms with Gasteiger partial charge in [0.25, 0.3) is 5.56 Å². The Morgan fingerprint density at radius 1 is 1.46 bits per heavy atom. The van der Waals surface area contributed by atoms with Crippen LogP contribution in [0.25, 0.3) is 6.08 Å². The lowest BCUT2D eigenvalue weighted by Gasteiger charge is -2.14. The summed E-state index contributed by atoms with van der Waals surface area (Å²) in [4.78, 5) is 26.1. The molecule has 0 saturated carbocycles. The fraction of sp³-hybridized carbons (Fsp3) is 0.500. The molecule has 0 aliphatic carbocycles. The van der Waals surface area contributed by atoms with Crippen LogP contribution in [0.5, 0.6) is 0 Å². The molecule has 0 unspecified atom stereocenters. The molecule has 24 heavy (non-hydrogen) atoms. The summed E-state index contributed by atoms with van der Waals surface area (Å²) in [5.74, 6) is 2.91. The lowest BCUT2D eigenvalue weighted by molar-refractivity contribution is -0.0459. The molecule has 3 N–H and O–H groups in total. The average molecular weight is 350 g/mol. The number of ether oxygens (including phenoxy) is 1. The van der Waals surface area contributed by atoms with Gasteiger partial charge in [-0.3, -0.25) is 14.3 Å². The Hall–Kier alpha value is -1.92. The van der Waals surface area contributed by atoms with Crippen LogP contribution < -0.4 is 11.2 Å². The Morgan fingerprint density at radius 2 is 2.17 bits per heavy atom. The number of H-pyrrole nitrogens is 1. The Kier molecular flexibility index (Phi) is 5.61. The molecule has 0 radical (unpaired) electrons. The van der Waals surface area contributed by atoms with Crippen LogP contribution in [0.4, 0.5) is 0 Å². The second-order valence-electron chi connectivity index (χ2n) is 6.72. The van der Waals surface area contributed by atoms with Gasteiger partial charge in [0.2, 0.25) is 0 Å². The summed E-state index contributed by atoms with van der Waals surface area (Å²) in [6.45, 7) is 6.00. The molecule has 0 amide bonds. The topological polar surface area (TPSA) is 105 Å². The van der Waals surface area contributed by atoms with E-state index < -0.39 is 37.8 Å². The molecule has 1 fully saturated rings. The molecule has 1 aliphatic rings. The van der Waals surface area contributed by atoms with Gasteiger partial charge in [-0.05, 0) is 12.2 Å². The molecule has 2 heterocycles. The second-order valence-corrected chi connectivity index (χ2v) is 11.5. The van der Waals surface area contributed by atoms with E-state index in [1.807, 2.05) is 0 Å². The van der Waals surface area contributed by atoms with Gasteiger partial charge in [0.15, 0.2) is 0 Å². The standard InChI is InChI=1S/C16H22N2O5Si/c1-24(2,3)7-5-4-6-11-9-18(16(22)17-15(11)21)14-8-12(20)13(10-19)23-14/h4,6,9,12-14,19-20H,8,10H2,1-3H3,(H,17,21,22)/t12-,13+,14+/m0/s1. The fourth-order valence-electron chi connectivity index (χ4n) is 2.27. The molecule has 1 saturated heterocycles. The number of hydrogen-bond acceptors (Lipinski definition) is 5. The number of aliphatic hydroxyl groups excluding tert-OH is 2. The van der Waals surface area contributed by atoms with Crippen LogP contribution in [0.2, 0.25) is 19.6 Å². The summed E-state index contributed by atoms with van der Waals surface area (Å²) in [5.41, 5.74) is 2.28. The number of nitrogens with one attached hydrogen (secondary N) is 1. The molecule has 1 aromatic heterocycles. The maximum absolute atomic E-state index is 12.0. The third-order valence-corrected chi connectivity index (χ3v) is 4.38. The average Bonchev–Trinajstić information content (AvgIpc) is 2.85. The first kappa shape index (κ1) is 18.4. The van der Waals surface area contributed by atoms with Crippen molar-refractivity contribution in [1.29, 1.82) is 0 Å². The first-order chi connectivity index (χ1) is 11.2. The molecule has 1 aromatic rings. The summed E-state index contributed by atoms with van der Waals surface area (Å²) in [6, 6.07) is 0. The third kappa shape index (κ3) is 4.55. The number of hydrogen-bond donors (Lipinski definition) is 3. The van der Waals surface area contributed by atoms with Gasteiger partial charge in [-0.25, -0.2) is 4.79 Å². The molecule has 130 valence electrons. The van der Waals surface area contributed by atoms with Crippen LogP contribution in [-0.2, 0) is 4.74 Å². The second kappa shape index (κ2) is 7.32. The predicted octanol–water partition coefficient (Wildman–Crippen LogP) is 0.0713. The highest BCUT2D eigenvalue weighted by Crippen LogP contribution is 2.27. The zero-order valence-corrected chi connectivity index (χ0v) is 14.9. The van der Waals surface area contributed by atoms with Crippen LogP contribution in [0, 0.1) is 11.5 Å². The maximum Gasteiger partial charge on any atom is 0.330 e. The monoisotopic (exact) mass is 350 g/mol. The van der Waals surface area contributed by atoms with E-state index in [1.54, 1.807) is 6.08 Å². The van der Waals surface area contributed by atoms with Gasteiger partial charge in [0.1, 0.15) is 20.4 Å². The van der Waals surface area contributed by atoms with Crippen LogP contribution in [0.1, 0.15) is 18.2 Å². The number of aliphatic hydroxyl groups is 2. The first-order valence-electron chi connectivity index (χ1n) is 7.70. The number of allylic oxidation sites excluding steroid dienone is 1. The molecule has 7 nitrogen and oxygen atoms in total. The van der Waals surface area contributed by atoms with Gasteiger partial charge in [-0.15, -0.1) is 5.54 Å². The number of aromatic nitrogens is 2. The molecular weight excluding hydrogens is 328 g/mol. The lowest BCUT2D eigenvalue weighted by Crippen LogP contribution is -2.33. The summed E-state index contributed by atoms with van der Waals surface area (Å²) in [5, 5.41) is 18.9. The minimum Gasteiger partial charge on any atom is -0.394 e. The molecule has 0 aromatic carbocycles. The van der Waals surface area contributed by atoms with E-state index in [0.717, 1.165) is 0 Å². The summed E-state index contributed by atoms with van der Waals surface area (Å²) >= 11 is 0. The van der Waals surface area contributed by atoms with E-state index >= 15 is 0 Å². The van der Waals surface area contributed by atoms with Crippen molar-refractivity contribution < 1.29 is 14.9 Å². The largest absolute Gasteiger partial charge is 0.394 e. The highest BCUT2D eigenvalue weighted by Gasteiger charge is 2.35. The normalized spacial score (nSPS) is 24.1. The van der Waals surface area contributed by atoms with E-state index in [0.29, 0.717) is 0 Å². The van der Waals surface area contributed by atoms with Gasteiger partial charge in [0, 0.05) is 12.6 Å².